The molecule has 1 fully saturated rings. The maximum absolute atomic E-state index is 5.59. The highest BCUT2D eigenvalue weighted by Gasteiger charge is 2.48. The van der Waals surface area contributed by atoms with E-state index >= 15 is 0 Å². The molecule has 1 saturated heterocycles. The van der Waals surface area contributed by atoms with Gasteiger partial charge in [0, 0.05) is 5.56 Å². The van der Waals surface area contributed by atoms with Crippen molar-refractivity contribution in [2.75, 3.05) is 13.2 Å². The van der Waals surface area contributed by atoms with Crippen LogP contribution in [0.15, 0.2) is 6.20 Å². The van der Waals surface area contributed by atoms with Gasteiger partial charge in [0.15, 0.2) is 5.60 Å². The van der Waals surface area contributed by atoms with E-state index < -0.39 is 0 Å². The van der Waals surface area contributed by atoms with Gasteiger partial charge in [0.2, 0.25) is 0 Å². The number of ether oxygens (including phenoxy) is 2. The van der Waals surface area contributed by atoms with Crippen molar-refractivity contribution >= 4 is 0 Å². The Labute approximate surface area is 63.5 Å². The van der Waals surface area contributed by atoms with Crippen molar-refractivity contribution in [3.05, 3.63) is 17.5 Å². The first-order chi connectivity index (χ1) is 5.41. The van der Waals surface area contributed by atoms with E-state index in [1.807, 2.05) is 6.20 Å². The standard InChI is InChI=1S/C7H8N2O2/c1-5-2-11-7(3-10-4-7)6(5)9-8-1/h1H,2-4H2,(H,8,9). The van der Waals surface area contributed by atoms with Crippen LogP contribution in [0.3, 0.4) is 0 Å². The number of hydrogen-bond acceptors (Lipinski definition) is 3. The second-order valence-corrected chi connectivity index (χ2v) is 3.05. The first kappa shape index (κ1) is 5.74. The highest BCUT2D eigenvalue weighted by atomic mass is 16.6. The number of hydrogen-bond donors (Lipinski definition) is 1. The molecule has 2 aliphatic rings. The molecule has 3 heterocycles. The van der Waals surface area contributed by atoms with Gasteiger partial charge in [0.05, 0.1) is 31.7 Å². The molecule has 1 N–H and O–H groups in total. The third-order valence-electron chi connectivity index (χ3n) is 2.35. The minimum atomic E-state index is -0.161. The molecule has 1 spiro atoms. The van der Waals surface area contributed by atoms with Gasteiger partial charge in [-0.1, -0.05) is 0 Å². The minimum absolute atomic E-state index is 0.161. The molecular formula is C7H8N2O2. The van der Waals surface area contributed by atoms with Crippen molar-refractivity contribution < 1.29 is 9.47 Å². The number of H-pyrrole nitrogens is 1. The van der Waals surface area contributed by atoms with Crippen LogP contribution < -0.4 is 0 Å². The van der Waals surface area contributed by atoms with Crippen LogP contribution >= 0.6 is 0 Å². The molecule has 3 rings (SSSR count). The summed E-state index contributed by atoms with van der Waals surface area (Å²) in [5.41, 5.74) is 2.13. The minimum Gasteiger partial charge on any atom is -0.374 e. The van der Waals surface area contributed by atoms with Crippen LogP contribution in [0.5, 0.6) is 0 Å². The highest BCUT2D eigenvalue weighted by molar-refractivity contribution is 5.28. The predicted molar refractivity (Wildman–Crippen MR) is 35.9 cm³/mol. The second kappa shape index (κ2) is 1.65. The Balaban J connectivity index is 2.12. The summed E-state index contributed by atoms with van der Waals surface area (Å²) in [6, 6.07) is 0. The molecule has 0 amide bonds. The van der Waals surface area contributed by atoms with E-state index in [-0.39, 0.29) is 5.60 Å². The quantitative estimate of drug-likeness (QED) is 0.576. The molecule has 58 valence electrons. The van der Waals surface area contributed by atoms with Crippen LogP contribution in [0, 0.1) is 0 Å². The Hall–Kier alpha value is -0.870. The molecule has 0 atom stereocenters. The molecule has 11 heavy (non-hydrogen) atoms. The van der Waals surface area contributed by atoms with E-state index in [2.05, 4.69) is 10.2 Å². The lowest BCUT2D eigenvalue weighted by Crippen LogP contribution is -2.46. The molecule has 1 aromatic rings. The second-order valence-electron chi connectivity index (χ2n) is 3.05. The smallest absolute Gasteiger partial charge is 0.156 e. The Bertz CT molecular complexity index is 290. The van der Waals surface area contributed by atoms with Crippen molar-refractivity contribution in [1.82, 2.24) is 10.2 Å². The lowest BCUT2D eigenvalue weighted by molar-refractivity contribution is -0.211. The Morgan fingerprint density at radius 2 is 2.45 bits per heavy atom. The van der Waals surface area contributed by atoms with E-state index in [4.69, 9.17) is 9.47 Å². The van der Waals surface area contributed by atoms with E-state index in [0.29, 0.717) is 19.8 Å². The van der Waals surface area contributed by atoms with Crippen LogP contribution in [-0.2, 0) is 21.7 Å². The molecule has 4 heteroatoms. The number of fused-ring (bicyclic) bond motifs is 2. The van der Waals surface area contributed by atoms with Crippen molar-refractivity contribution in [3.8, 4) is 0 Å². The zero-order valence-electron chi connectivity index (χ0n) is 5.96. The van der Waals surface area contributed by atoms with Gasteiger partial charge in [-0.25, -0.2) is 0 Å². The van der Waals surface area contributed by atoms with Gasteiger partial charge in [0.1, 0.15) is 0 Å². The summed E-state index contributed by atoms with van der Waals surface area (Å²) < 4.78 is 10.7. The molecule has 0 radical (unpaired) electrons. The predicted octanol–water partition coefficient (Wildman–Crippen LogP) is 0.165. The average Bonchev–Trinajstić information content (AvgIpc) is 2.38. The van der Waals surface area contributed by atoms with Crippen molar-refractivity contribution in [3.63, 3.8) is 0 Å². The molecule has 1 aromatic heterocycles. The molecule has 0 unspecified atom stereocenters. The van der Waals surface area contributed by atoms with Crippen molar-refractivity contribution in [1.29, 1.82) is 0 Å². The van der Waals surface area contributed by atoms with Gasteiger partial charge >= 0.3 is 0 Å². The number of nitrogens with zero attached hydrogens (tertiary/aromatic N) is 1. The number of aromatic amines is 1. The highest BCUT2D eigenvalue weighted by Crippen LogP contribution is 2.40. The maximum Gasteiger partial charge on any atom is 0.156 e. The molecule has 0 aromatic carbocycles. The van der Waals surface area contributed by atoms with Crippen molar-refractivity contribution in [2.24, 2.45) is 0 Å². The lowest BCUT2D eigenvalue weighted by Gasteiger charge is -2.36. The Morgan fingerprint density at radius 3 is 3.18 bits per heavy atom. The summed E-state index contributed by atoms with van der Waals surface area (Å²) in [4.78, 5) is 0. The van der Waals surface area contributed by atoms with E-state index in [9.17, 15) is 0 Å². The fourth-order valence-electron chi connectivity index (χ4n) is 1.62. The van der Waals surface area contributed by atoms with Crippen LogP contribution in [0.25, 0.3) is 0 Å². The van der Waals surface area contributed by atoms with Gasteiger partial charge in [0.25, 0.3) is 0 Å². The van der Waals surface area contributed by atoms with Crippen LogP contribution in [0.4, 0.5) is 0 Å². The van der Waals surface area contributed by atoms with Crippen LogP contribution in [0.1, 0.15) is 11.3 Å². The number of aromatic nitrogens is 2. The molecule has 0 aliphatic carbocycles. The van der Waals surface area contributed by atoms with Gasteiger partial charge in [-0.15, -0.1) is 0 Å². The topological polar surface area (TPSA) is 47.1 Å². The van der Waals surface area contributed by atoms with Gasteiger partial charge < -0.3 is 9.47 Å². The summed E-state index contributed by atoms with van der Waals surface area (Å²) in [7, 11) is 0. The lowest BCUT2D eigenvalue weighted by atomic mass is 9.98. The largest absolute Gasteiger partial charge is 0.374 e. The summed E-state index contributed by atoms with van der Waals surface area (Å²) >= 11 is 0. The third kappa shape index (κ3) is 0.547. The fourth-order valence-corrected chi connectivity index (χ4v) is 1.62. The first-order valence-electron chi connectivity index (χ1n) is 3.65. The number of nitrogens with one attached hydrogen (secondary N) is 1. The van der Waals surface area contributed by atoms with Gasteiger partial charge in [-0.05, 0) is 0 Å². The molecular weight excluding hydrogens is 144 g/mol. The fraction of sp³-hybridized carbons (Fsp3) is 0.571. The van der Waals surface area contributed by atoms with Gasteiger partial charge in [-0.3, -0.25) is 5.10 Å². The first-order valence-corrected chi connectivity index (χ1v) is 3.65. The zero-order valence-corrected chi connectivity index (χ0v) is 5.96. The maximum atomic E-state index is 5.59. The average molecular weight is 152 g/mol. The monoisotopic (exact) mass is 152 g/mol. The van der Waals surface area contributed by atoms with E-state index in [1.165, 1.54) is 5.56 Å². The summed E-state index contributed by atoms with van der Waals surface area (Å²) in [6.45, 7) is 2.01. The Morgan fingerprint density at radius 1 is 1.55 bits per heavy atom. The Kier molecular flexibility index (Phi) is 0.860. The van der Waals surface area contributed by atoms with Crippen LogP contribution in [0.2, 0.25) is 0 Å². The summed E-state index contributed by atoms with van der Waals surface area (Å²) in [5, 5.41) is 6.92. The summed E-state index contributed by atoms with van der Waals surface area (Å²) in [6.07, 6.45) is 1.82. The van der Waals surface area contributed by atoms with Gasteiger partial charge in [-0.2, -0.15) is 5.10 Å². The zero-order chi connectivity index (χ0) is 7.31. The van der Waals surface area contributed by atoms with Crippen LogP contribution in [-0.4, -0.2) is 23.4 Å². The summed E-state index contributed by atoms with van der Waals surface area (Å²) in [5.74, 6) is 0. The van der Waals surface area contributed by atoms with Crippen molar-refractivity contribution in [2.45, 2.75) is 12.2 Å². The van der Waals surface area contributed by atoms with E-state index in [0.717, 1.165) is 5.69 Å². The molecule has 4 nitrogen and oxygen atoms in total. The third-order valence-corrected chi connectivity index (χ3v) is 2.35. The SMILES string of the molecule is c1n[nH]c2c1COC21COC1. The van der Waals surface area contributed by atoms with E-state index in [1.54, 1.807) is 0 Å². The molecule has 0 saturated carbocycles. The molecule has 2 aliphatic heterocycles. The number of rotatable bonds is 0. The molecule has 0 bridgehead atoms. The normalized spacial score (nSPS) is 25.1.